The maximum absolute atomic E-state index is 5.73. The average Bonchev–Trinajstić information content (AvgIpc) is 2.04. The van der Waals surface area contributed by atoms with Gasteiger partial charge in [0.25, 0.3) is 0 Å². The van der Waals surface area contributed by atoms with Crippen molar-refractivity contribution in [3.05, 3.63) is 29.3 Å². The number of ether oxygens (including phenoxy) is 1. The highest BCUT2D eigenvalue weighted by molar-refractivity contribution is 5.85. The second-order valence-electron chi connectivity index (χ2n) is 3.02. The maximum Gasteiger partial charge on any atom is 0.121 e. The highest BCUT2D eigenvalue weighted by atomic mass is 35.5. The van der Waals surface area contributed by atoms with Crippen molar-refractivity contribution in [1.82, 2.24) is 0 Å². The van der Waals surface area contributed by atoms with Crippen molar-refractivity contribution in [2.75, 3.05) is 7.11 Å². The van der Waals surface area contributed by atoms with Gasteiger partial charge in [-0.3, -0.25) is 0 Å². The van der Waals surface area contributed by atoms with Crippen LogP contribution in [-0.2, 0) is 0 Å². The lowest BCUT2D eigenvalue weighted by Gasteiger charge is -2.09. The third kappa shape index (κ3) is 2.90. The summed E-state index contributed by atoms with van der Waals surface area (Å²) >= 11 is 0. The van der Waals surface area contributed by atoms with Gasteiger partial charge in [-0.2, -0.15) is 0 Å². The summed E-state index contributed by atoms with van der Waals surface area (Å²) in [4.78, 5) is 0. The van der Waals surface area contributed by atoms with Crippen LogP contribution in [0.5, 0.6) is 5.75 Å². The van der Waals surface area contributed by atoms with Crippen LogP contribution in [-0.4, -0.2) is 7.11 Å². The Balaban J connectivity index is 0.00000144. The first kappa shape index (κ1) is 12.3. The molecule has 1 aromatic carbocycles. The molecular weight excluding hydrogens is 186 g/mol. The van der Waals surface area contributed by atoms with Gasteiger partial charge in [-0.25, -0.2) is 0 Å². The third-order valence-electron chi connectivity index (χ3n) is 1.94. The molecule has 74 valence electrons. The number of methoxy groups -OCH3 is 1. The maximum atomic E-state index is 5.73. The molecule has 2 N–H and O–H groups in total. The molecule has 0 unspecified atom stereocenters. The van der Waals surface area contributed by atoms with Gasteiger partial charge in [0, 0.05) is 6.04 Å². The smallest absolute Gasteiger partial charge is 0.121 e. The van der Waals surface area contributed by atoms with Gasteiger partial charge in [-0.05, 0) is 31.0 Å². The van der Waals surface area contributed by atoms with E-state index >= 15 is 0 Å². The second-order valence-corrected chi connectivity index (χ2v) is 3.02. The van der Waals surface area contributed by atoms with E-state index in [4.69, 9.17) is 10.5 Å². The summed E-state index contributed by atoms with van der Waals surface area (Å²) in [5, 5.41) is 0. The van der Waals surface area contributed by atoms with E-state index in [0.29, 0.717) is 0 Å². The zero-order valence-corrected chi connectivity index (χ0v) is 9.02. The number of rotatable bonds is 2. The lowest BCUT2D eigenvalue weighted by atomic mass is 10.1. The molecule has 0 amide bonds. The fourth-order valence-electron chi connectivity index (χ4n) is 1.18. The van der Waals surface area contributed by atoms with Crippen molar-refractivity contribution >= 4 is 12.4 Å². The van der Waals surface area contributed by atoms with E-state index in [1.165, 1.54) is 0 Å². The van der Waals surface area contributed by atoms with Crippen LogP contribution in [0.3, 0.4) is 0 Å². The lowest BCUT2D eigenvalue weighted by molar-refractivity contribution is 0.411. The van der Waals surface area contributed by atoms with Crippen molar-refractivity contribution in [2.45, 2.75) is 19.9 Å². The van der Waals surface area contributed by atoms with Gasteiger partial charge in [0.2, 0.25) is 0 Å². The quantitative estimate of drug-likeness (QED) is 0.798. The van der Waals surface area contributed by atoms with E-state index in [9.17, 15) is 0 Å². The summed E-state index contributed by atoms with van der Waals surface area (Å²) in [5.74, 6) is 0.916. The number of aryl methyl sites for hydroxylation is 1. The van der Waals surface area contributed by atoms with Crippen LogP contribution in [0.2, 0.25) is 0 Å². The molecule has 0 radical (unpaired) electrons. The first-order chi connectivity index (χ1) is 5.65. The largest absolute Gasteiger partial charge is 0.496 e. The Labute approximate surface area is 85.5 Å². The minimum Gasteiger partial charge on any atom is -0.496 e. The van der Waals surface area contributed by atoms with Crippen molar-refractivity contribution in [2.24, 2.45) is 5.73 Å². The minimum atomic E-state index is 0. The molecule has 0 aliphatic carbocycles. The Morgan fingerprint density at radius 3 is 2.38 bits per heavy atom. The Kier molecular flexibility index (Phi) is 4.81. The first-order valence-corrected chi connectivity index (χ1v) is 4.05. The lowest BCUT2D eigenvalue weighted by Crippen LogP contribution is -2.05. The molecule has 2 nitrogen and oxygen atoms in total. The van der Waals surface area contributed by atoms with E-state index in [1.54, 1.807) is 7.11 Å². The SMILES string of the molecule is COc1ccc([C@@H](C)N)cc1C.Cl. The van der Waals surface area contributed by atoms with Crippen molar-refractivity contribution in [3.8, 4) is 5.75 Å². The summed E-state index contributed by atoms with van der Waals surface area (Å²) in [6, 6.07) is 6.10. The van der Waals surface area contributed by atoms with E-state index in [1.807, 2.05) is 26.0 Å². The van der Waals surface area contributed by atoms with Gasteiger partial charge in [0.05, 0.1) is 7.11 Å². The molecular formula is C10H16ClNO. The van der Waals surface area contributed by atoms with Crippen LogP contribution in [0.25, 0.3) is 0 Å². The van der Waals surface area contributed by atoms with Gasteiger partial charge in [0.1, 0.15) is 5.75 Å². The highest BCUT2D eigenvalue weighted by Gasteiger charge is 2.02. The molecule has 1 aromatic rings. The number of hydrogen-bond acceptors (Lipinski definition) is 2. The van der Waals surface area contributed by atoms with Gasteiger partial charge < -0.3 is 10.5 Å². The van der Waals surface area contributed by atoms with Crippen LogP contribution in [0.4, 0.5) is 0 Å². The van der Waals surface area contributed by atoms with Crippen LogP contribution in [0.15, 0.2) is 18.2 Å². The molecule has 13 heavy (non-hydrogen) atoms. The zero-order chi connectivity index (χ0) is 9.14. The molecule has 0 aromatic heterocycles. The molecule has 0 aliphatic rings. The van der Waals surface area contributed by atoms with Crippen LogP contribution in [0, 0.1) is 6.92 Å². The van der Waals surface area contributed by atoms with E-state index in [-0.39, 0.29) is 18.4 Å². The summed E-state index contributed by atoms with van der Waals surface area (Å²) in [6.07, 6.45) is 0. The molecule has 1 atom stereocenters. The number of halogens is 1. The Bertz CT molecular complexity index is 274. The topological polar surface area (TPSA) is 35.2 Å². The number of benzene rings is 1. The molecule has 0 fully saturated rings. The molecule has 0 aliphatic heterocycles. The van der Waals surface area contributed by atoms with Crippen LogP contribution < -0.4 is 10.5 Å². The predicted octanol–water partition coefficient (Wildman–Crippen LogP) is 2.45. The molecule has 3 heteroatoms. The highest BCUT2D eigenvalue weighted by Crippen LogP contribution is 2.20. The fourth-order valence-corrected chi connectivity index (χ4v) is 1.18. The van der Waals surface area contributed by atoms with Crippen molar-refractivity contribution in [3.63, 3.8) is 0 Å². The standard InChI is InChI=1S/C10H15NO.ClH/c1-7-6-9(8(2)11)4-5-10(7)12-3;/h4-6,8H,11H2,1-3H3;1H/t8-;/m1./s1. The van der Waals surface area contributed by atoms with Gasteiger partial charge >= 0.3 is 0 Å². The summed E-state index contributed by atoms with van der Waals surface area (Å²) < 4.78 is 5.14. The fraction of sp³-hybridized carbons (Fsp3) is 0.400. The molecule has 0 spiro atoms. The van der Waals surface area contributed by atoms with Gasteiger partial charge in [0.15, 0.2) is 0 Å². The second kappa shape index (κ2) is 5.10. The predicted molar refractivity (Wildman–Crippen MR) is 57.6 cm³/mol. The van der Waals surface area contributed by atoms with Gasteiger partial charge in [-0.15, -0.1) is 12.4 Å². The van der Waals surface area contributed by atoms with Crippen molar-refractivity contribution < 1.29 is 4.74 Å². The monoisotopic (exact) mass is 201 g/mol. The average molecular weight is 202 g/mol. The summed E-state index contributed by atoms with van der Waals surface area (Å²) in [5.41, 5.74) is 8.01. The molecule has 1 rings (SSSR count). The van der Waals surface area contributed by atoms with Gasteiger partial charge in [-0.1, -0.05) is 12.1 Å². The summed E-state index contributed by atoms with van der Waals surface area (Å²) in [6.45, 7) is 3.99. The first-order valence-electron chi connectivity index (χ1n) is 4.05. The van der Waals surface area contributed by atoms with Crippen molar-refractivity contribution in [1.29, 1.82) is 0 Å². The van der Waals surface area contributed by atoms with E-state index in [0.717, 1.165) is 16.9 Å². The van der Waals surface area contributed by atoms with Crippen LogP contribution in [0.1, 0.15) is 24.1 Å². The normalized spacial score (nSPS) is 11.7. The molecule has 0 bridgehead atoms. The van der Waals surface area contributed by atoms with Crippen LogP contribution >= 0.6 is 12.4 Å². The van der Waals surface area contributed by atoms with E-state index < -0.39 is 0 Å². The zero-order valence-electron chi connectivity index (χ0n) is 8.20. The number of nitrogens with two attached hydrogens (primary N) is 1. The number of hydrogen-bond donors (Lipinski definition) is 1. The Morgan fingerprint density at radius 1 is 1.38 bits per heavy atom. The van der Waals surface area contributed by atoms with E-state index in [2.05, 4.69) is 6.07 Å². The summed E-state index contributed by atoms with van der Waals surface area (Å²) in [7, 11) is 1.67. The molecule has 0 saturated heterocycles. The third-order valence-corrected chi connectivity index (χ3v) is 1.94. The molecule has 0 saturated carbocycles. The Morgan fingerprint density at radius 2 is 2.00 bits per heavy atom. The molecule has 0 heterocycles. The Hall–Kier alpha value is -0.730. The minimum absolute atomic E-state index is 0.